The van der Waals surface area contributed by atoms with Crippen LogP contribution in [0.4, 0.5) is 5.00 Å². The normalized spacial score (nSPS) is 20.4. The van der Waals surface area contributed by atoms with E-state index in [-0.39, 0.29) is 5.91 Å². The fourth-order valence-electron chi connectivity index (χ4n) is 3.10. The van der Waals surface area contributed by atoms with Gasteiger partial charge in [0.15, 0.2) is 0 Å². The van der Waals surface area contributed by atoms with Crippen molar-refractivity contribution in [2.75, 3.05) is 12.4 Å². The Balaban J connectivity index is 2.32. The van der Waals surface area contributed by atoms with E-state index in [2.05, 4.69) is 5.32 Å². The Labute approximate surface area is 150 Å². The highest BCUT2D eigenvalue weighted by Crippen LogP contribution is 2.37. The highest BCUT2D eigenvalue weighted by atomic mass is 32.1. The van der Waals surface area contributed by atoms with Gasteiger partial charge in [-0.05, 0) is 46.1 Å². The third-order valence-electron chi connectivity index (χ3n) is 4.93. The summed E-state index contributed by atoms with van der Waals surface area (Å²) in [6, 6.07) is 0. The highest BCUT2D eigenvalue weighted by molar-refractivity contribution is 7.16. The Kier molecular flexibility index (Phi) is 5.67. The lowest BCUT2D eigenvalue weighted by molar-refractivity contribution is -0.146. The number of amides is 1. The topological polar surface area (TPSA) is 92.7 Å². The number of anilines is 1. The maximum atomic E-state index is 12.8. The van der Waals surface area contributed by atoms with Crippen molar-refractivity contribution in [1.29, 1.82) is 0 Å². The van der Waals surface area contributed by atoms with Gasteiger partial charge in [0.25, 0.3) is 0 Å². The van der Waals surface area contributed by atoms with Gasteiger partial charge in [-0.3, -0.25) is 9.59 Å². The van der Waals surface area contributed by atoms with Gasteiger partial charge in [-0.2, -0.15) is 0 Å². The van der Waals surface area contributed by atoms with Crippen LogP contribution in [-0.4, -0.2) is 30.1 Å². The lowest BCUT2D eigenvalue weighted by Crippen LogP contribution is -2.36. The number of rotatable bonds is 4. The van der Waals surface area contributed by atoms with Crippen molar-refractivity contribution in [2.45, 2.75) is 40.5 Å². The molecule has 7 heteroatoms. The minimum absolute atomic E-state index is 0.337. The van der Waals surface area contributed by atoms with Gasteiger partial charge in [-0.15, -0.1) is 11.3 Å². The van der Waals surface area contributed by atoms with Crippen LogP contribution in [0.3, 0.4) is 0 Å². The van der Waals surface area contributed by atoms with E-state index in [0.29, 0.717) is 23.4 Å². The van der Waals surface area contributed by atoms with Crippen molar-refractivity contribution in [3.63, 3.8) is 0 Å². The molecule has 1 aromatic rings. The first-order chi connectivity index (χ1) is 11.7. The second-order valence-corrected chi connectivity index (χ2v) is 7.71. The molecule has 0 aliphatic heterocycles. The number of thiophene rings is 1. The molecule has 136 valence electrons. The predicted molar refractivity (Wildman–Crippen MR) is 96.0 cm³/mol. The maximum Gasteiger partial charge on any atom is 0.341 e. The summed E-state index contributed by atoms with van der Waals surface area (Å²) >= 11 is 1.30. The number of carbonyl (C=O) groups excluding carboxylic acids is 2. The van der Waals surface area contributed by atoms with Crippen LogP contribution in [0.5, 0.6) is 0 Å². The number of carboxylic acid groups (broad SMARTS) is 1. The molecule has 2 N–H and O–H groups in total. The zero-order valence-electron chi connectivity index (χ0n) is 15.1. The quantitative estimate of drug-likeness (QED) is 0.629. The number of esters is 1. The molecule has 0 spiro atoms. The van der Waals surface area contributed by atoms with Gasteiger partial charge in [0, 0.05) is 4.88 Å². The first-order valence-electron chi connectivity index (χ1n) is 8.04. The van der Waals surface area contributed by atoms with Gasteiger partial charge < -0.3 is 15.2 Å². The minimum Gasteiger partial charge on any atom is -0.481 e. The van der Waals surface area contributed by atoms with E-state index in [0.717, 1.165) is 21.6 Å². The molecule has 0 aromatic carbocycles. The summed E-state index contributed by atoms with van der Waals surface area (Å²) in [4.78, 5) is 37.3. The lowest BCUT2D eigenvalue weighted by atomic mass is 9.76. The number of carboxylic acids is 1. The van der Waals surface area contributed by atoms with Crippen molar-refractivity contribution >= 4 is 34.2 Å². The highest BCUT2D eigenvalue weighted by Gasteiger charge is 2.38. The number of ether oxygens (including phenoxy) is 1. The van der Waals surface area contributed by atoms with Gasteiger partial charge in [0.1, 0.15) is 5.00 Å². The number of aliphatic carboxylic acids is 1. The van der Waals surface area contributed by atoms with E-state index in [1.54, 1.807) is 6.92 Å². The Morgan fingerprint density at radius 2 is 1.64 bits per heavy atom. The van der Waals surface area contributed by atoms with Crippen LogP contribution in [-0.2, 0) is 14.3 Å². The molecule has 1 amide bonds. The van der Waals surface area contributed by atoms with E-state index in [1.807, 2.05) is 20.8 Å². The van der Waals surface area contributed by atoms with Crippen LogP contribution in [0.2, 0.25) is 0 Å². The van der Waals surface area contributed by atoms with Crippen molar-refractivity contribution in [1.82, 2.24) is 0 Å². The molecular formula is C18H23NO5S. The van der Waals surface area contributed by atoms with E-state index in [1.165, 1.54) is 18.4 Å². The maximum absolute atomic E-state index is 12.8. The molecule has 1 aliphatic carbocycles. The fraction of sp³-hybridized carbons (Fsp3) is 0.500. The zero-order chi connectivity index (χ0) is 18.9. The van der Waals surface area contributed by atoms with E-state index < -0.39 is 23.8 Å². The molecule has 0 saturated heterocycles. The predicted octanol–water partition coefficient (Wildman–Crippen LogP) is 3.54. The molecule has 0 fully saturated rings. The van der Waals surface area contributed by atoms with Crippen molar-refractivity contribution in [3.05, 3.63) is 27.2 Å². The van der Waals surface area contributed by atoms with E-state index in [4.69, 9.17) is 4.74 Å². The van der Waals surface area contributed by atoms with Crippen molar-refractivity contribution in [3.8, 4) is 0 Å². The smallest absolute Gasteiger partial charge is 0.341 e. The Morgan fingerprint density at radius 3 is 2.16 bits per heavy atom. The molecule has 2 atom stereocenters. The summed E-state index contributed by atoms with van der Waals surface area (Å²) in [5.74, 6) is -3.27. The molecule has 1 aromatic heterocycles. The van der Waals surface area contributed by atoms with Gasteiger partial charge in [-0.1, -0.05) is 11.1 Å². The summed E-state index contributed by atoms with van der Waals surface area (Å²) in [6.45, 7) is 7.48. The molecule has 0 bridgehead atoms. The van der Waals surface area contributed by atoms with Crippen LogP contribution in [0.1, 0.15) is 47.5 Å². The molecule has 2 rings (SSSR count). The number of hydrogen-bond donors (Lipinski definition) is 2. The Morgan fingerprint density at radius 1 is 1.08 bits per heavy atom. The van der Waals surface area contributed by atoms with E-state index in [9.17, 15) is 19.5 Å². The number of allylic oxidation sites excluding steroid dienone is 2. The van der Waals surface area contributed by atoms with Gasteiger partial charge in [0.2, 0.25) is 5.91 Å². The Bertz CT molecular complexity index is 762. The first-order valence-corrected chi connectivity index (χ1v) is 8.86. The van der Waals surface area contributed by atoms with E-state index >= 15 is 0 Å². The number of hydrogen-bond acceptors (Lipinski definition) is 5. The number of methoxy groups -OCH3 is 1. The third-order valence-corrected chi connectivity index (χ3v) is 6.05. The zero-order valence-corrected chi connectivity index (χ0v) is 15.9. The first kappa shape index (κ1) is 19.2. The molecule has 0 radical (unpaired) electrons. The summed E-state index contributed by atoms with van der Waals surface area (Å²) in [7, 11) is 1.29. The minimum atomic E-state index is -0.973. The van der Waals surface area contributed by atoms with Crippen LogP contribution >= 0.6 is 11.3 Å². The van der Waals surface area contributed by atoms with Crippen LogP contribution < -0.4 is 5.32 Å². The molecule has 1 heterocycles. The standard InChI is InChI=1S/C18H23NO5S/c1-8-6-12(13(17(21)22)7-9(8)2)15(20)19-16-14(18(23)24-5)10(3)11(4)25-16/h12-13H,6-7H2,1-5H3,(H,19,20)(H,21,22)/t12-,13+/m0/s1. The number of nitrogens with one attached hydrogen (secondary N) is 1. The molecule has 0 saturated carbocycles. The molecule has 0 unspecified atom stereocenters. The number of aryl methyl sites for hydroxylation is 1. The molecule has 6 nitrogen and oxygen atoms in total. The second kappa shape index (κ2) is 7.39. The second-order valence-electron chi connectivity index (χ2n) is 6.49. The summed E-state index contributed by atoms with van der Waals surface area (Å²) in [5.41, 5.74) is 3.17. The summed E-state index contributed by atoms with van der Waals surface area (Å²) in [5, 5.41) is 12.7. The fourth-order valence-corrected chi connectivity index (χ4v) is 4.15. The molecule has 1 aliphatic rings. The van der Waals surface area contributed by atoms with Crippen LogP contribution in [0, 0.1) is 25.7 Å². The monoisotopic (exact) mass is 365 g/mol. The van der Waals surface area contributed by atoms with Crippen molar-refractivity contribution in [2.24, 2.45) is 11.8 Å². The summed E-state index contributed by atoms with van der Waals surface area (Å²) in [6.07, 6.45) is 0.775. The average Bonchev–Trinajstić information content (AvgIpc) is 2.82. The van der Waals surface area contributed by atoms with Crippen LogP contribution in [0.25, 0.3) is 0 Å². The van der Waals surface area contributed by atoms with Crippen LogP contribution in [0.15, 0.2) is 11.1 Å². The molecule has 25 heavy (non-hydrogen) atoms. The largest absolute Gasteiger partial charge is 0.481 e. The Hall–Kier alpha value is -2.15. The third kappa shape index (κ3) is 3.76. The van der Waals surface area contributed by atoms with Gasteiger partial charge >= 0.3 is 11.9 Å². The van der Waals surface area contributed by atoms with Crippen molar-refractivity contribution < 1.29 is 24.2 Å². The van der Waals surface area contributed by atoms with Gasteiger partial charge in [-0.25, -0.2) is 4.79 Å². The average molecular weight is 365 g/mol. The number of carbonyl (C=O) groups is 3. The molecular weight excluding hydrogens is 342 g/mol. The summed E-state index contributed by atoms with van der Waals surface area (Å²) < 4.78 is 4.80. The SMILES string of the molecule is COC(=O)c1c(NC(=O)[C@H]2CC(C)=C(C)C[C@H]2C(=O)O)sc(C)c1C. The van der Waals surface area contributed by atoms with Gasteiger partial charge in [0.05, 0.1) is 24.5 Å². The lowest BCUT2D eigenvalue weighted by Gasteiger charge is -2.29.